The summed E-state index contributed by atoms with van der Waals surface area (Å²) in [5.41, 5.74) is 0.836. The molecule has 5 nitrogen and oxygen atoms in total. The summed E-state index contributed by atoms with van der Waals surface area (Å²) in [5.74, 6) is 0.689. The van der Waals surface area contributed by atoms with E-state index in [4.69, 9.17) is 4.74 Å². The molecule has 0 spiro atoms. The van der Waals surface area contributed by atoms with Crippen molar-refractivity contribution in [2.45, 2.75) is 51.0 Å². The maximum atomic E-state index is 12.0. The summed E-state index contributed by atoms with van der Waals surface area (Å²) in [5, 5.41) is 3.07. The number of rotatable bonds is 5. The van der Waals surface area contributed by atoms with E-state index >= 15 is 0 Å². The summed E-state index contributed by atoms with van der Waals surface area (Å²) in [7, 11) is 0. The van der Waals surface area contributed by atoms with Crippen LogP contribution in [0.2, 0.25) is 0 Å². The molecule has 23 heavy (non-hydrogen) atoms. The minimum absolute atomic E-state index is 0.0217. The van der Waals surface area contributed by atoms with E-state index in [0.29, 0.717) is 18.2 Å². The topological polar surface area (TPSA) is 58.6 Å². The summed E-state index contributed by atoms with van der Waals surface area (Å²) >= 11 is 0. The van der Waals surface area contributed by atoms with Crippen LogP contribution in [0.1, 0.15) is 44.9 Å². The first-order valence-corrected chi connectivity index (χ1v) is 8.55. The molecule has 1 saturated carbocycles. The van der Waals surface area contributed by atoms with E-state index < -0.39 is 0 Å². The van der Waals surface area contributed by atoms with Crippen LogP contribution < -0.4 is 15.0 Å². The Labute approximate surface area is 137 Å². The molecular weight excluding hydrogens is 292 g/mol. The number of nitrogens with one attached hydrogen (secondary N) is 1. The predicted octanol–water partition coefficient (Wildman–Crippen LogP) is 2.64. The lowest BCUT2D eigenvalue weighted by Crippen LogP contribution is -2.43. The third-order valence-electron chi connectivity index (χ3n) is 4.57. The predicted molar refractivity (Wildman–Crippen MR) is 88.5 cm³/mol. The first kappa shape index (κ1) is 15.8. The van der Waals surface area contributed by atoms with Gasteiger partial charge in [-0.25, -0.2) is 0 Å². The molecule has 0 atom stereocenters. The summed E-state index contributed by atoms with van der Waals surface area (Å²) in [6.07, 6.45) is 7.66. The van der Waals surface area contributed by atoms with Gasteiger partial charge in [-0.15, -0.1) is 0 Å². The van der Waals surface area contributed by atoms with Crippen molar-refractivity contribution in [3.05, 3.63) is 24.3 Å². The molecule has 1 heterocycles. The van der Waals surface area contributed by atoms with Crippen LogP contribution in [0.15, 0.2) is 24.3 Å². The van der Waals surface area contributed by atoms with Crippen LogP contribution in [0.3, 0.4) is 0 Å². The first-order valence-electron chi connectivity index (χ1n) is 8.55. The number of hydrogen-bond donors (Lipinski definition) is 1. The van der Waals surface area contributed by atoms with Gasteiger partial charge in [-0.2, -0.15) is 0 Å². The number of amides is 2. The second kappa shape index (κ2) is 7.49. The van der Waals surface area contributed by atoms with Crippen LogP contribution in [0.25, 0.3) is 0 Å². The molecule has 2 aliphatic rings. The van der Waals surface area contributed by atoms with Gasteiger partial charge >= 0.3 is 0 Å². The third kappa shape index (κ3) is 4.24. The van der Waals surface area contributed by atoms with Gasteiger partial charge < -0.3 is 15.0 Å². The Balaban J connectivity index is 1.48. The lowest BCUT2D eigenvalue weighted by atomic mass is 10.1. The average Bonchev–Trinajstić information content (AvgIpc) is 2.80. The Morgan fingerprint density at radius 1 is 1.22 bits per heavy atom. The van der Waals surface area contributed by atoms with Gasteiger partial charge in [-0.3, -0.25) is 9.59 Å². The second-order valence-corrected chi connectivity index (χ2v) is 6.34. The zero-order valence-corrected chi connectivity index (χ0v) is 13.4. The van der Waals surface area contributed by atoms with Crippen molar-refractivity contribution < 1.29 is 14.3 Å². The van der Waals surface area contributed by atoms with Crippen LogP contribution in [-0.2, 0) is 9.59 Å². The van der Waals surface area contributed by atoms with E-state index in [2.05, 4.69) is 5.32 Å². The molecule has 0 aromatic heterocycles. The SMILES string of the molecule is O=C(COc1cccc(N2CCC2=O)c1)NC1CCCCCC1. The van der Waals surface area contributed by atoms with Crippen LogP contribution in [0.4, 0.5) is 5.69 Å². The molecule has 0 radical (unpaired) electrons. The molecule has 1 aliphatic carbocycles. The average molecular weight is 316 g/mol. The standard InChI is InChI=1S/C18H24N2O3/c21-17(19-14-6-3-1-2-4-7-14)13-23-16-9-5-8-15(12-16)20-11-10-18(20)22/h5,8-9,12,14H,1-4,6-7,10-11,13H2,(H,19,21). The molecule has 1 aliphatic heterocycles. The number of ether oxygens (including phenoxy) is 1. The highest BCUT2D eigenvalue weighted by Crippen LogP contribution is 2.25. The van der Waals surface area contributed by atoms with E-state index in [9.17, 15) is 9.59 Å². The fourth-order valence-electron chi connectivity index (χ4n) is 3.17. The van der Waals surface area contributed by atoms with Crippen molar-refractivity contribution in [2.75, 3.05) is 18.1 Å². The molecule has 5 heteroatoms. The Hall–Kier alpha value is -2.04. The summed E-state index contributed by atoms with van der Waals surface area (Å²) < 4.78 is 5.59. The van der Waals surface area contributed by atoms with Gasteiger partial charge in [0.05, 0.1) is 0 Å². The zero-order valence-electron chi connectivity index (χ0n) is 13.4. The van der Waals surface area contributed by atoms with Crippen molar-refractivity contribution in [2.24, 2.45) is 0 Å². The number of nitrogens with zero attached hydrogens (tertiary/aromatic N) is 1. The molecule has 2 fully saturated rings. The molecular formula is C18H24N2O3. The fourth-order valence-corrected chi connectivity index (χ4v) is 3.17. The van der Waals surface area contributed by atoms with Gasteiger partial charge in [0.1, 0.15) is 5.75 Å². The monoisotopic (exact) mass is 316 g/mol. The van der Waals surface area contributed by atoms with E-state index in [1.54, 1.807) is 4.90 Å². The van der Waals surface area contributed by atoms with Crippen LogP contribution in [0, 0.1) is 0 Å². The highest BCUT2D eigenvalue weighted by molar-refractivity contribution is 5.99. The normalized spacial score (nSPS) is 19.0. The molecule has 2 amide bonds. The molecule has 1 aromatic rings. The van der Waals surface area contributed by atoms with Crippen LogP contribution in [-0.4, -0.2) is 31.0 Å². The van der Waals surface area contributed by atoms with Crippen molar-refractivity contribution in [3.63, 3.8) is 0 Å². The van der Waals surface area contributed by atoms with Gasteiger partial charge in [0, 0.05) is 30.8 Å². The number of β-lactam (4-membered cyclic amide) rings is 1. The van der Waals surface area contributed by atoms with E-state index in [1.165, 1.54) is 25.7 Å². The Kier molecular flexibility index (Phi) is 5.16. The van der Waals surface area contributed by atoms with Gasteiger partial charge in [0.25, 0.3) is 5.91 Å². The number of carbonyl (C=O) groups excluding carboxylic acids is 2. The van der Waals surface area contributed by atoms with E-state index in [1.807, 2.05) is 24.3 Å². The minimum atomic E-state index is -0.0673. The Morgan fingerprint density at radius 2 is 2.00 bits per heavy atom. The molecule has 3 rings (SSSR count). The summed E-state index contributed by atoms with van der Waals surface area (Å²) in [6, 6.07) is 7.65. The lowest BCUT2D eigenvalue weighted by Gasteiger charge is -2.30. The zero-order chi connectivity index (χ0) is 16.1. The smallest absolute Gasteiger partial charge is 0.258 e. The minimum Gasteiger partial charge on any atom is -0.484 e. The summed E-state index contributed by atoms with van der Waals surface area (Å²) in [4.78, 5) is 25.2. The van der Waals surface area contributed by atoms with E-state index in [0.717, 1.165) is 25.1 Å². The van der Waals surface area contributed by atoms with Crippen LogP contribution in [0.5, 0.6) is 5.75 Å². The second-order valence-electron chi connectivity index (χ2n) is 6.34. The van der Waals surface area contributed by atoms with Crippen molar-refractivity contribution >= 4 is 17.5 Å². The van der Waals surface area contributed by atoms with Gasteiger partial charge in [0.15, 0.2) is 6.61 Å². The lowest BCUT2D eigenvalue weighted by molar-refractivity contribution is -0.124. The van der Waals surface area contributed by atoms with Crippen LogP contribution >= 0.6 is 0 Å². The fraction of sp³-hybridized carbons (Fsp3) is 0.556. The maximum Gasteiger partial charge on any atom is 0.258 e. The van der Waals surface area contributed by atoms with E-state index in [-0.39, 0.29) is 18.4 Å². The maximum absolute atomic E-state index is 12.0. The largest absolute Gasteiger partial charge is 0.484 e. The molecule has 1 aromatic carbocycles. The summed E-state index contributed by atoms with van der Waals surface area (Å²) in [6.45, 7) is 0.776. The number of benzene rings is 1. The Bertz CT molecular complexity index is 565. The highest BCUT2D eigenvalue weighted by Gasteiger charge is 2.25. The van der Waals surface area contributed by atoms with Gasteiger partial charge in [-0.1, -0.05) is 31.7 Å². The van der Waals surface area contributed by atoms with Crippen molar-refractivity contribution in [3.8, 4) is 5.75 Å². The number of anilines is 1. The Morgan fingerprint density at radius 3 is 2.65 bits per heavy atom. The first-order chi connectivity index (χ1) is 11.2. The molecule has 0 bridgehead atoms. The quantitative estimate of drug-likeness (QED) is 0.671. The number of hydrogen-bond acceptors (Lipinski definition) is 3. The molecule has 1 N–H and O–H groups in total. The third-order valence-corrected chi connectivity index (χ3v) is 4.57. The molecule has 1 saturated heterocycles. The van der Waals surface area contributed by atoms with Gasteiger partial charge in [0.2, 0.25) is 5.91 Å². The van der Waals surface area contributed by atoms with Crippen molar-refractivity contribution in [1.82, 2.24) is 5.32 Å². The number of carbonyl (C=O) groups is 2. The molecule has 124 valence electrons. The van der Waals surface area contributed by atoms with Crippen molar-refractivity contribution in [1.29, 1.82) is 0 Å². The molecule has 0 unspecified atom stereocenters. The highest BCUT2D eigenvalue weighted by atomic mass is 16.5. The van der Waals surface area contributed by atoms with Gasteiger partial charge in [-0.05, 0) is 25.0 Å².